The summed E-state index contributed by atoms with van der Waals surface area (Å²) in [5.41, 5.74) is 3.50. The van der Waals surface area contributed by atoms with Gasteiger partial charge in [0.1, 0.15) is 6.54 Å². The quantitative estimate of drug-likeness (QED) is 0.410. The van der Waals surface area contributed by atoms with E-state index in [0.29, 0.717) is 23.1 Å². The minimum Gasteiger partial charge on any atom is -0.456 e. The zero-order valence-electron chi connectivity index (χ0n) is 16.6. The average molecular weight is 393 g/mol. The van der Waals surface area contributed by atoms with Gasteiger partial charge in [0.15, 0.2) is 6.61 Å². The molecule has 2 aromatic carbocycles. The van der Waals surface area contributed by atoms with Crippen LogP contribution in [-0.2, 0) is 33.6 Å². The number of carbonyl (C=O) groups excluding carboxylic acids is 4. The molecule has 0 radical (unpaired) electrons. The SMILES string of the molecule is CCc1ccc(CC)c(C(=O)COC(=O)CN2C(=O)Cc3ccccc3C2=O)c1. The van der Waals surface area contributed by atoms with Gasteiger partial charge in [-0.15, -0.1) is 0 Å². The van der Waals surface area contributed by atoms with Crippen LogP contribution in [0.1, 0.15) is 51.3 Å². The third kappa shape index (κ3) is 4.42. The second-order valence-corrected chi connectivity index (χ2v) is 6.90. The van der Waals surface area contributed by atoms with E-state index in [0.717, 1.165) is 22.4 Å². The highest BCUT2D eigenvalue weighted by Crippen LogP contribution is 2.19. The van der Waals surface area contributed by atoms with Crippen molar-refractivity contribution in [2.75, 3.05) is 13.2 Å². The van der Waals surface area contributed by atoms with Gasteiger partial charge in [-0.05, 0) is 41.7 Å². The Morgan fingerprint density at radius 1 is 1.03 bits per heavy atom. The molecule has 3 rings (SSSR count). The van der Waals surface area contributed by atoms with Crippen molar-refractivity contribution in [3.63, 3.8) is 0 Å². The third-order valence-corrected chi connectivity index (χ3v) is 5.05. The molecule has 6 nitrogen and oxygen atoms in total. The monoisotopic (exact) mass is 393 g/mol. The van der Waals surface area contributed by atoms with Crippen molar-refractivity contribution in [1.82, 2.24) is 4.90 Å². The van der Waals surface area contributed by atoms with Gasteiger partial charge < -0.3 is 4.74 Å². The maximum absolute atomic E-state index is 12.6. The zero-order chi connectivity index (χ0) is 21.0. The highest BCUT2D eigenvalue weighted by Gasteiger charge is 2.32. The molecule has 0 saturated carbocycles. The highest BCUT2D eigenvalue weighted by atomic mass is 16.5. The second-order valence-electron chi connectivity index (χ2n) is 6.90. The first kappa shape index (κ1) is 20.5. The molecule has 0 aliphatic carbocycles. The normalized spacial score (nSPS) is 13.2. The summed E-state index contributed by atoms with van der Waals surface area (Å²) in [6.45, 7) is 3.02. The molecule has 1 aliphatic heterocycles. The number of hydrogen-bond donors (Lipinski definition) is 0. The first-order chi connectivity index (χ1) is 13.9. The Labute approximate surface area is 169 Å². The molecular formula is C23H23NO5. The van der Waals surface area contributed by atoms with E-state index in [9.17, 15) is 19.2 Å². The van der Waals surface area contributed by atoms with Gasteiger partial charge in [0.25, 0.3) is 5.91 Å². The fraction of sp³-hybridized carbons (Fsp3) is 0.304. The van der Waals surface area contributed by atoms with Crippen LogP contribution < -0.4 is 0 Å². The van der Waals surface area contributed by atoms with Gasteiger partial charge >= 0.3 is 5.97 Å². The Morgan fingerprint density at radius 2 is 1.79 bits per heavy atom. The summed E-state index contributed by atoms with van der Waals surface area (Å²) in [6, 6.07) is 12.5. The van der Waals surface area contributed by atoms with E-state index in [1.807, 2.05) is 32.0 Å². The number of aryl methyl sites for hydroxylation is 2. The first-order valence-electron chi connectivity index (χ1n) is 9.67. The van der Waals surface area contributed by atoms with E-state index in [1.165, 1.54) is 0 Å². The van der Waals surface area contributed by atoms with Crippen molar-refractivity contribution in [1.29, 1.82) is 0 Å². The third-order valence-electron chi connectivity index (χ3n) is 5.05. The Hall–Kier alpha value is -3.28. The molecule has 0 spiro atoms. The molecule has 2 amide bonds. The van der Waals surface area contributed by atoms with E-state index < -0.39 is 30.9 Å². The maximum Gasteiger partial charge on any atom is 0.326 e. The molecule has 0 saturated heterocycles. The molecular weight excluding hydrogens is 370 g/mol. The largest absolute Gasteiger partial charge is 0.456 e. The molecule has 0 atom stereocenters. The summed E-state index contributed by atoms with van der Waals surface area (Å²) >= 11 is 0. The Kier molecular flexibility index (Phi) is 6.22. The number of Topliss-reactive ketones (excluding diaryl/α,β-unsaturated/α-hetero) is 1. The van der Waals surface area contributed by atoms with Crippen molar-refractivity contribution in [2.45, 2.75) is 33.1 Å². The van der Waals surface area contributed by atoms with Crippen molar-refractivity contribution in [2.24, 2.45) is 0 Å². The Balaban J connectivity index is 1.64. The molecule has 2 aromatic rings. The minimum atomic E-state index is -0.788. The summed E-state index contributed by atoms with van der Waals surface area (Å²) in [5.74, 6) is -2.07. The van der Waals surface area contributed by atoms with Crippen LogP contribution in [0.2, 0.25) is 0 Å². The van der Waals surface area contributed by atoms with Crippen LogP contribution in [0.15, 0.2) is 42.5 Å². The van der Waals surface area contributed by atoms with Gasteiger partial charge in [-0.2, -0.15) is 0 Å². The number of rotatable bonds is 7. The lowest BCUT2D eigenvalue weighted by atomic mass is 9.98. The van der Waals surface area contributed by atoms with Gasteiger partial charge in [0.05, 0.1) is 6.42 Å². The van der Waals surface area contributed by atoms with Gasteiger partial charge in [-0.3, -0.25) is 24.1 Å². The number of carbonyl (C=O) groups is 4. The predicted molar refractivity (Wildman–Crippen MR) is 107 cm³/mol. The number of imide groups is 1. The number of fused-ring (bicyclic) bond motifs is 1. The van der Waals surface area contributed by atoms with Crippen molar-refractivity contribution >= 4 is 23.6 Å². The van der Waals surface area contributed by atoms with E-state index in [-0.39, 0.29) is 12.2 Å². The summed E-state index contributed by atoms with van der Waals surface area (Å²) in [5, 5.41) is 0. The number of amides is 2. The number of benzene rings is 2. The maximum atomic E-state index is 12.6. The first-order valence-corrected chi connectivity index (χ1v) is 9.67. The van der Waals surface area contributed by atoms with Crippen LogP contribution in [0.5, 0.6) is 0 Å². The topological polar surface area (TPSA) is 80.8 Å². The molecule has 0 bridgehead atoms. The second kappa shape index (κ2) is 8.82. The van der Waals surface area contributed by atoms with Gasteiger partial charge in [0.2, 0.25) is 11.7 Å². The summed E-state index contributed by atoms with van der Waals surface area (Å²) in [4.78, 5) is 50.4. The van der Waals surface area contributed by atoms with Crippen molar-refractivity contribution in [3.8, 4) is 0 Å². The van der Waals surface area contributed by atoms with Crippen LogP contribution in [0, 0.1) is 0 Å². The number of esters is 1. The molecule has 0 aromatic heterocycles. The fourth-order valence-corrected chi connectivity index (χ4v) is 3.37. The highest BCUT2D eigenvalue weighted by molar-refractivity contribution is 6.11. The summed E-state index contributed by atoms with van der Waals surface area (Å²) < 4.78 is 5.08. The predicted octanol–water partition coefficient (Wildman–Crippen LogP) is 2.76. The van der Waals surface area contributed by atoms with E-state index in [1.54, 1.807) is 24.3 Å². The Morgan fingerprint density at radius 3 is 2.52 bits per heavy atom. The lowest BCUT2D eigenvalue weighted by molar-refractivity contribution is -0.146. The smallest absolute Gasteiger partial charge is 0.326 e. The Bertz CT molecular complexity index is 979. The lowest BCUT2D eigenvalue weighted by Crippen LogP contribution is -2.45. The molecule has 150 valence electrons. The number of ketones is 1. The standard InChI is InChI=1S/C23H23NO5/c1-3-15-9-10-16(4-2)19(11-15)20(25)14-29-22(27)13-24-21(26)12-17-7-5-6-8-18(17)23(24)28/h5-11H,3-4,12-14H2,1-2H3. The molecule has 29 heavy (non-hydrogen) atoms. The van der Waals surface area contributed by atoms with Gasteiger partial charge in [0, 0.05) is 11.1 Å². The summed E-state index contributed by atoms with van der Waals surface area (Å²) in [7, 11) is 0. The molecule has 1 heterocycles. The summed E-state index contributed by atoms with van der Waals surface area (Å²) in [6.07, 6.45) is 1.54. The van der Waals surface area contributed by atoms with Crippen molar-refractivity contribution in [3.05, 3.63) is 70.3 Å². The fourth-order valence-electron chi connectivity index (χ4n) is 3.37. The van der Waals surface area contributed by atoms with E-state index in [2.05, 4.69) is 0 Å². The van der Waals surface area contributed by atoms with Crippen LogP contribution in [0.3, 0.4) is 0 Å². The number of ether oxygens (including phenoxy) is 1. The lowest BCUT2D eigenvalue weighted by Gasteiger charge is -2.25. The van der Waals surface area contributed by atoms with Crippen LogP contribution in [0.25, 0.3) is 0 Å². The molecule has 0 N–H and O–H groups in total. The van der Waals surface area contributed by atoms with Gasteiger partial charge in [-0.25, -0.2) is 0 Å². The number of hydrogen-bond acceptors (Lipinski definition) is 5. The molecule has 0 unspecified atom stereocenters. The molecule has 1 aliphatic rings. The van der Waals surface area contributed by atoms with E-state index >= 15 is 0 Å². The molecule has 0 fully saturated rings. The average Bonchev–Trinajstić information content (AvgIpc) is 2.74. The molecule has 6 heteroatoms. The van der Waals surface area contributed by atoms with Gasteiger partial charge in [-0.1, -0.05) is 44.2 Å². The van der Waals surface area contributed by atoms with Crippen molar-refractivity contribution < 1.29 is 23.9 Å². The van der Waals surface area contributed by atoms with Crippen LogP contribution in [-0.4, -0.2) is 41.6 Å². The number of nitrogens with zero attached hydrogens (tertiary/aromatic N) is 1. The van der Waals surface area contributed by atoms with Crippen LogP contribution in [0.4, 0.5) is 0 Å². The minimum absolute atomic E-state index is 0.0534. The van der Waals surface area contributed by atoms with Crippen LogP contribution >= 0.6 is 0 Å². The zero-order valence-corrected chi connectivity index (χ0v) is 16.6. The van der Waals surface area contributed by atoms with E-state index in [4.69, 9.17) is 4.74 Å².